The lowest BCUT2D eigenvalue weighted by molar-refractivity contribution is -0.143. The number of pyridine rings is 1. The maximum Gasteiger partial charge on any atom is 0.252 e. The van der Waals surface area contributed by atoms with Crippen LogP contribution in [0.1, 0.15) is 24.1 Å². The number of carbonyl (C=O) groups excluding carboxylic acids is 1. The lowest BCUT2D eigenvalue weighted by Crippen LogP contribution is -2.40. The molecule has 0 spiro atoms. The smallest absolute Gasteiger partial charge is 0.252 e. The first-order chi connectivity index (χ1) is 12.7. The van der Waals surface area contributed by atoms with Crippen LogP contribution in [0.2, 0.25) is 0 Å². The molecule has 1 aliphatic rings. The van der Waals surface area contributed by atoms with Crippen LogP contribution in [0.15, 0.2) is 48.7 Å². The Morgan fingerprint density at radius 2 is 2.04 bits per heavy atom. The third-order valence-electron chi connectivity index (χ3n) is 4.61. The van der Waals surface area contributed by atoms with E-state index >= 15 is 0 Å². The third-order valence-corrected chi connectivity index (χ3v) is 4.61. The van der Waals surface area contributed by atoms with Gasteiger partial charge in [-0.05, 0) is 42.7 Å². The topological polar surface area (TPSA) is 68.5 Å². The second-order valence-corrected chi connectivity index (χ2v) is 6.52. The first kappa shape index (κ1) is 18.5. The zero-order valence-corrected chi connectivity index (χ0v) is 14.7. The lowest BCUT2D eigenvalue weighted by Gasteiger charge is -2.26. The summed E-state index contributed by atoms with van der Waals surface area (Å²) in [5.74, 6) is -0.328. The SMILES string of the molecule is NC[C@H]1CC[C@@H](C(=O)N(CCc2ccccn2)Cc2ccc(F)cc2)O1. The molecule has 1 amide bonds. The number of rotatable bonds is 7. The highest BCUT2D eigenvalue weighted by Gasteiger charge is 2.32. The van der Waals surface area contributed by atoms with Gasteiger partial charge >= 0.3 is 0 Å². The van der Waals surface area contributed by atoms with Gasteiger partial charge in [-0.2, -0.15) is 0 Å². The molecule has 0 unspecified atom stereocenters. The van der Waals surface area contributed by atoms with E-state index in [9.17, 15) is 9.18 Å². The van der Waals surface area contributed by atoms with Gasteiger partial charge < -0.3 is 15.4 Å². The van der Waals surface area contributed by atoms with Crippen LogP contribution in [-0.2, 0) is 22.5 Å². The fourth-order valence-corrected chi connectivity index (χ4v) is 3.14. The molecule has 1 saturated heterocycles. The number of halogens is 1. The number of nitrogens with zero attached hydrogens (tertiary/aromatic N) is 2. The summed E-state index contributed by atoms with van der Waals surface area (Å²) >= 11 is 0. The maximum absolute atomic E-state index is 13.2. The molecular formula is C20H24FN3O2. The van der Waals surface area contributed by atoms with Crippen LogP contribution in [0.25, 0.3) is 0 Å². The van der Waals surface area contributed by atoms with E-state index in [2.05, 4.69) is 4.98 Å². The minimum absolute atomic E-state index is 0.0405. The summed E-state index contributed by atoms with van der Waals surface area (Å²) in [5.41, 5.74) is 7.46. The molecule has 5 nitrogen and oxygen atoms in total. The van der Waals surface area contributed by atoms with E-state index in [1.807, 2.05) is 18.2 Å². The number of ether oxygens (including phenoxy) is 1. The van der Waals surface area contributed by atoms with Crippen LogP contribution in [0.5, 0.6) is 0 Å². The average molecular weight is 357 g/mol. The monoisotopic (exact) mass is 357 g/mol. The second kappa shape index (κ2) is 8.87. The van der Waals surface area contributed by atoms with Crippen LogP contribution >= 0.6 is 0 Å². The predicted octanol–water partition coefficient (Wildman–Crippen LogP) is 2.30. The van der Waals surface area contributed by atoms with Gasteiger partial charge in [-0.1, -0.05) is 18.2 Å². The van der Waals surface area contributed by atoms with Crippen molar-refractivity contribution >= 4 is 5.91 Å². The van der Waals surface area contributed by atoms with Crippen molar-refractivity contribution in [3.8, 4) is 0 Å². The van der Waals surface area contributed by atoms with Crippen LogP contribution in [0, 0.1) is 5.82 Å². The fourth-order valence-electron chi connectivity index (χ4n) is 3.14. The molecule has 0 radical (unpaired) electrons. The van der Waals surface area contributed by atoms with Crippen molar-refractivity contribution < 1.29 is 13.9 Å². The summed E-state index contributed by atoms with van der Waals surface area (Å²) < 4.78 is 18.9. The Morgan fingerprint density at radius 3 is 2.69 bits per heavy atom. The van der Waals surface area contributed by atoms with Gasteiger partial charge in [-0.25, -0.2) is 4.39 Å². The van der Waals surface area contributed by atoms with Crippen molar-refractivity contribution in [3.63, 3.8) is 0 Å². The molecule has 138 valence electrons. The average Bonchev–Trinajstić information content (AvgIpc) is 3.16. The van der Waals surface area contributed by atoms with E-state index in [1.165, 1.54) is 12.1 Å². The zero-order chi connectivity index (χ0) is 18.4. The first-order valence-corrected chi connectivity index (χ1v) is 8.94. The summed E-state index contributed by atoms with van der Waals surface area (Å²) in [6, 6.07) is 12.0. The van der Waals surface area contributed by atoms with Crippen LogP contribution in [0.3, 0.4) is 0 Å². The molecule has 2 N–H and O–H groups in total. The maximum atomic E-state index is 13.2. The third kappa shape index (κ3) is 4.86. The van der Waals surface area contributed by atoms with Crippen molar-refractivity contribution in [2.45, 2.75) is 38.0 Å². The minimum Gasteiger partial charge on any atom is -0.364 e. The Kier molecular flexibility index (Phi) is 6.30. The quantitative estimate of drug-likeness (QED) is 0.826. The van der Waals surface area contributed by atoms with Crippen molar-refractivity contribution in [1.29, 1.82) is 0 Å². The Balaban J connectivity index is 1.69. The van der Waals surface area contributed by atoms with Gasteiger partial charge in [0.15, 0.2) is 0 Å². The number of amides is 1. The Hall–Kier alpha value is -2.31. The van der Waals surface area contributed by atoms with E-state index < -0.39 is 6.10 Å². The van der Waals surface area contributed by atoms with Gasteiger partial charge in [0, 0.05) is 37.9 Å². The predicted molar refractivity (Wildman–Crippen MR) is 96.7 cm³/mol. The van der Waals surface area contributed by atoms with Gasteiger partial charge in [-0.3, -0.25) is 9.78 Å². The molecule has 1 aliphatic heterocycles. The van der Waals surface area contributed by atoms with E-state index in [4.69, 9.17) is 10.5 Å². The summed E-state index contributed by atoms with van der Waals surface area (Å²) in [6.07, 6.45) is 3.38. The number of aromatic nitrogens is 1. The number of benzene rings is 1. The summed E-state index contributed by atoms with van der Waals surface area (Å²) in [4.78, 5) is 19.1. The summed E-state index contributed by atoms with van der Waals surface area (Å²) in [7, 11) is 0. The molecule has 0 saturated carbocycles. The van der Waals surface area contributed by atoms with Crippen LogP contribution in [-0.4, -0.2) is 41.1 Å². The highest BCUT2D eigenvalue weighted by atomic mass is 19.1. The van der Waals surface area contributed by atoms with Gasteiger partial charge in [0.1, 0.15) is 11.9 Å². The van der Waals surface area contributed by atoms with E-state index in [-0.39, 0.29) is 17.8 Å². The molecule has 2 heterocycles. The summed E-state index contributed by atoms with van der Waals surface area (Å²) in [5, 5.41) is 0. The van der Waals surface area contributed by atoms with Gasteiger partial charge in [0.25, 0.3) is 5.91 Å². The van der Waals surface area contributed by atoms with Crippen LogP contribution in [0.4, 0.5) is 4.39 Å². The highest BCUT2D eigenvalue weighted by molar-refractivity contribution is 5.81. The molecule has 1 aromatic carbocycles. The van der Waals surface area contributed by atoms with E-state index in [0.717, 1.165) is 17.7 Å². The molecule has 1 aromatic heterocycles. The van der Waals surface area contributed by atoms with Gasteiger partial charge in [0.2, 0.25) is 0 Å². The zero-order valence-electron chi connectivity index (χ0n) is 14.7. The van der Waals surface area contributed by atoms with Crippen molar-refractivity contribution in [2.75, 3.05) is 13.1 Å². The van der Waals surface area contributed by atoms with Crippen LogP contribution < -0.4 is 5.73 Å². The first-order valence-electron chi connectivity index (χ1n) is 8.94. The molecule has 2 aromatic rings. The Labute approximate surface area is 153 Å². The fraction of sp³-hybridized carbons (Fsp3) is 0.400. The standard InChI is InChI=1S/C20H24FN3O2/c21-16-6-4-15(5-7-16)14-24(12-10-17-3-1-2-11-23-17)20(25)19-9-8-18(13-22)26-19/h1-7,11,18-19H,8-10,12-14,22H2/t18-,19+/m1/s1. The molecule has 6 heteroatoms. The van der Waals surface area contributed by atoms with Gasteiger partial charge in [-0.15, -0.1) is 0 Å². The van der Waals surface area contributed by atoms with E-state index in [1.54, 1.807) is 23.2 Å². The number of hydrogen-bond acceptors (Lipinski definition) is 4. The molecule has 26 heavy (non-hydrogen) atoms. The normalized spacial score (nSPS) is 19.5. The van der Waals surface area contributed by atoms with Gasteiger partial charge in [0.05, 0.1) is 6.10 Å². The lowest BCUT2D eigenvalue weighted by atomic mass is 10.1. The Morgan fingerprint density at radius 1 is 1.23 bits per heavy atom. The van der Waals surface area contributed by atoms with Crippen molar-refractivity contribution in [1.82, 2.24) is 9.88 Å². The van der Waals surface area contributed by atoms with Crippen molar-refractivity contribution in [3.05, 3.63) is 65.7 Å². The Bertz CT molecular complexity index is 709. The molecule has 0 aliphatic carbocycles. The highest BCUT2D eigenvalue weighted by Crippen LogP contribution is 2.22. The molecule has 1 fully saturated rings. The number of hydrogen-bond donors (Lipinski definition) is 1. The molecular weight excluding hydrogens is 333 g/mol. The number of carbonyl (C=O) groups is 1. The summed E-state index contributed by atoms with van der Waals surface area (Å²) in [6.45, 7) is 1.37. The van der Waals surface area contributed by atoms with Crippen molar-refractivity contribution in [2.24, 2.45) is 5.73 Å². The second-order valence-electron chi connectivity index (χ2n) is 6.52. The largest absolute Gasteiger partial charge is 0.364 e. The molecule has 0 bridgehead atoms. The minimum atomic E-state index is -0.451. The molecule has 3 rings (SSSR count). The number of nitrogens with two attached hydrogens (primary N) is 1. The van der Waals surface area contributed by atoms with E-state index in [0.29, 0.717) is 32.5 Å². The molecule has 2 atom stereocenters.